The number of nitrogens with one attached hydrogen (secondary N) is 1. The van der Waals surface area contributed by atoms with Gasteiger partial charge in [-0.1, -0.05) is 19.1 Å². The highest BCUT2D eigenvalue weighted by Crippen LogP contribution is 2.28. The van der Waals surface area contributed by atoms with E-state index in [1.807, 2.05) is 37.3 Å². The molecule has 0 radical (unpaired) electrons. The first kappa shape index (κ1) is 15.8. The van der Waals surface area contributed by atoms with Crippen molar-refractivity contribution in [2.45, 2.75) is 38.4 Å². The topological polar surface area (TPSA) is 24.9 Å². The van der Waals surface area contributed by atoms with Crippen LogP contribution >= 0.6 is 0 Å². The van der Waals surface area contributed by atoms with E-state index in [4.69, 9.17) is 0 Å². The Morgan fingerprint density at radius 3 is 2.76 bits per heavy atom. The molecule has 0 fully saturated rings. The second kappa shape index (κ2) is 6.89. The van der Waals surface area contributed by atoms with Crippen LogP contribution in [0.2, 0.25) is 0 Å². The Labute approximate surface area is 122 Å². The first-order chi connectivity index (χ1) is 9.99. The number of nitrogens with zero attached hydrogens (tertiary/aromatic N) is 1. The predicted octanol–water partition coefficient (Wildman–Crippen LogP) is 4.62. The van der Waals surface area contributed by atoms with Crippen LogP contribution in [0.25, 0.3) is 10.9 Å². The van der Waals surface area contributed by atoms with E-state index in [9.17, 15) is 13.2 Å². The number of aromatic nitrogens is 1. The summed E-state index contributed by atoms with van der Waals surface area (Å²) in [4.78, 5) is 4.23. The van der Waals surface area contributed by atoms with Crippen molar-refractivity contribution < 1.29 is 13.2 Å². The van der Waals surface area contributed by atoms with E-state index in [2.05, 4.69) is 10.3 Å². The Morgan fingerprint density at radius 2 is 2.05 bits per heavy atom. The minimum atomic E-state index is -4.12. The third kappa shape index (κ3) is 4.70. The molecule has 0 aliphatic rings. The molecule has 1 aromatic heterocycles. The SMILES string of the molecule is CCCNC(CCC(F)(F)F)c1ccc2ncccc2c1. The Hall–Kier alpha value is -1.62. The number of hydrogen-bond acceptors (Lipinski definition) is 2. The number of rotatable bonds is 6. The summed E-state index contributed by atoms with van der Waals surface area (Å²) in [6.45, 7) is 2.70. The molecule has 1 aromatic carbocycles. The Bertz CT molecular complexity index is 581. The van der Waals surface area contributed by atoms with Crippen LogP contribution in [0, 0.1) is 0 Å². The lowest BCUT2D eigenvalue weighted by Gasteiger charge is -2.20. The Balaban J connectivity index is 2.20. The van der Waals surface area contributed by atoms with Crippen LogP contribution in [-0.2, 0) is 0 Å². The van der Waals surface area contributed by atoms with Gasteiger partial charge in [0.05, 0.1) is 5.52 Å². The fourth-order valence-electron chi connectivity index (χ4n) is 2.32. The number of benzene rings is 1. The minimum absolute atomic E-state index is 0.0509. The van der Waals surface area contributed by atoms with E-state index in [1.165, 1.54) is 0 Å². The minimum Gasteiger partial charge on any atom is -0.310 e. The average Bonchev–Trinajstić information content (AvgIpc) is 2.46. The molecule has 0 spiro atoms. The average molecular weight is 296 g/mol. The number of alkyl halides is 3. The molecular formula is C16H19F3N2. The number of fused-ring (bicyclic) bond motifs is 1. The lowest BCUT2D eigenvalue weighted by atomic mass is 9.99. The van der Waals surface area contributed by atoms with E-state index in [1.54, 1.807) is 6.20 Å². The van der Waals surface area contributed by atoms with Crippen molar-refractivity contribution in [3.05, 3.63) is 42.1 Å². The van der Waals surface area contributed by atoms with E-state index >= 15 is 0 Å². The maximum Gasteiger partial charge on any atom is 0.389 e. The molecule has 21 heavy (non-hydrogen) atoms. The first-order valence-electron chi connectivity index (χ1n) is 7.14. The second-order valence-corrected chi connectivity index (χ2v) is 5.12. The van der Waals surface area contributed by atoms with Crippen LogP contribution in [0.15, 0.2) is 36.5 Å². The zero-order valence-electron chi connectivity index (χ0n) is 12.0. The van der Waals surface area contributed by atoms with Crippen LogP contribution in [0.4, 0.5) is 13.2 Å². The number of hydrogen-bond donors (Lipinski definition) is 1. The third-order valence-electron chi connectivity index (χ3n) is 3.39. The summed E-state index contributed by atoms with van der Waals surface area (Å²) < 4.78 is 37.4. The van der Waals surface area contributed by atoms with Gasteiger partial charge < -0.3 is 5.32 Å². The summed E-state index contributed by atoms with van der Waals surface area (Å²) in [5, 5.41) is 4.15. The molecule has 0 amide bonds. The molecule has 1 atom stereocenters. The van der Waals surface area contributed by atoms with Crippen molar-refractivity contribution in [2.75, 3.05) is 6.54 Å². The van der Waals surface area contributed by atoms with Crippen molar-refractivity contribution in [1.29, 1.82) is 0 Å². The van der Waals surface area contributed by atoms with Gasteiger partial charge in [-0.15, -0.1) is 0 Å². The monoisotopic (exact) mass is 296 g/mol. The number of pyridine rings is 1. The van der Waals surface area contributed by atoms with E-state index in [-0.39, 0.29) is 12.5 Å². The summed E-state index contributed by atoms with van der Waals surface area (Å²) in [7, 11) is 0. The van der Waals surface area contributed by atoms with Gasteiger partial charge in [0.15, 0.2) is 0 Å². The zero-order valence-corrected chi connectivity index (χ0v) is 12.0. The highest BCUT2D eigenvalue weighted by atomic mass is 19.4. The van der Waals surface area contributed by atoms with Gasteiger partial charge in [-0.05, 0) is 43.1 Å². The standard InChI is InChI=1S/C16H19F3N2/c1-2-9-20-15(7-8-16(17,18)19)13-5-6-14-12(11-13)4-3-10-21-14/h3-6,10-11,15,20H,2,7-9H2,1H3. The Morgan fingerprint density at radius 1 is 1.24 bits per heavy atom. The van der Waals surface area contributed by atoms with Crippen LogP contribution in [0.3, 0.4) is 0 Å². The highest BCUT2D eigenvalue weighted by Gasteiger charge is 2.28. The smallest absolute Gasteiger partial charge is 0.310 e. The summed E-state index contributed by atoms with van der Waals surface area (Å²) in [5.74, 6) is 0. The molecule has 0 saturated carbocycles. The van der Waals surface area contributed by atoms with Crippen molar-refractivity contribution >= 4 is 10.9 Å². The summed E-state index contributed by atoms with van der Waals surface area (Å²) in [5.41, 5.74) is 1.74. The Kier molecular flexibility index (Phi) is 5.17. The van der Waals surface area contributed by atoms with Gasteiger partial charge in [0.1, 0.15) is 0 Å². The predicted molar refractivity (Wildman–Crippen MR) is 78.1 cm³/mol. The quantitative estimate of drug-likeness (QED) is 0.841. The van der Waals surface area contributed by atoms with Crippen LogP contribution in [-0.4, -0.2) is 17.7 Å². The highest BCUT2D eigenvalue weighted by molar-refractivity contribution is 5.79. The number of halogens is 3. The van der Waals surface area contributed by atoms with Gasteiger partial charge in [0.25, 0.3) is 0 Å². The molecule has 5 heteroatoms. The van der Waals surface area contributed by atoms with Crippen molar-refractivity contribution in [2.24, 2.45) is 0 Å². The van der Waals surface area contributed by atoms with Gasteiger partial charge in [0, 0.05) is 24.0 Å². The second-order valence-electron chi connectivity index (χ2n) is 5.12. The molecule has 0 aliphatic heterocycles. The fourth-order valence-corrected chi connectivity index (χ4v) is 2.32. The molecule has 114 valence electrons. The van der Waals surface area contributed by atoms with Crippen LogP contribution < -0.4 is 5.32 Å². The maximum atomic E-state index is 12.5. The van der Waals surface area contributed by atoms with Gasteiger partial charge in [-0.25, -0.2) is 0 Å². The van der Waals surface area contributed by atoms with E-state index in [0.717, 1.165) is 22.9 Å². The third-order valence-corrected chi connectivity index (χ3v) is 3.39. The first-order valence-corrected chi connectivity index (χ1v) is 7.14. The normalized spacial score (nSPS) is 13.5. The van der Waals surface area contributed by atoms with Gasteiger partial charge in [0.2, 0.25) is 0 Å². The largest absolute Gasteiger partial charge is 0.389 e. The van der Waals surface area contributed by atoms with Gasteiger partial charge >= 0.3 is 6.18 Å². The fraction of sp³-hybridized carbons (Fsp3) is 0.438. The summed E-state index contributed by atoms with van der Waals surface area (Å²) in [6, 6.07) is 9.11. The molecule has 0 saturated heterocycles. The summed E-state index contributed by atoms with van der Waals surface area (Å²) in [6.07, 6.45) is -2.25. The van der Waals surface area contributed by atoms with Crippen molar-refractivity contribution in [3.63, 3.8) is 0 Å². The lowest BCUT2D eigenvalue weighted by molar-refractivity contribution is -0.136. The molecule has 0 bridgehead atoms. The van der Waals surface area contributed by atoms with Gasteiger partial charge in [-0.2, -0.15) is 13.2 Å². The van der Waals surface area contributed by atoms with E-state index in [0.29, 0.717) is 6.54 Å². The molecule has 0 aliphatic carbocycles. The maximum absolute atomic E-state index is 12.5. The molecule has 2 aromatic rings. The van der Waals surface area contributed by atoms with Gasteiger partial charge in [-0.3, -0.25) is 4.98 Å². The molecule has 1 heterocycles. The molecule has 1 unspecified atom stereocenters. The molecule has 2 nitrogen and oxygen atoms in total. The molecular weight excluding hydrogens is 277 g/mol. The van der Waals surface area contributed by atoms with Crippen LogP contribution in [0.1, 0.15) is 37.8 Å². The van der Waals surface area contributed by atoms with Crippen molar-refractivity contribution in [1.82, 2.24) is 10.3 Å². The van der Waals surface area contributed by atoms with E-state index < -0.39 is 12.6 Å². The molecule has 1 N–H and O–H groups in total. The van der Waals surface area contributed by atoms with Crippen molar-refractivity contribution in [3.8, 4) is 0 Å². The lowest BCUT2D eigenvalue weighted by Crippen LogP contribution is -2.24. The zero-order chi connectivity index (χ0) is 15.3. The molecule has 2 rings (SSSR count). The summed E-state index contributed by atoms with van der Waals surface area (Å²) >= 11 is 0. The van der Waals surface area contributed by atoms with Crippen LogP contribution in [0.5, 0.6) is 0 Å².